The van der Waals surface area contributed by atoms with Crippen molar-refractivity contribution in [2.45, 2.75) is 407 Å². The average Bonchev–Trinajstić information content (AvgIpc) is 2.94. The summed E-state index contributed by atoms with van der Waals surface area (Å²) in [6.07, 6.45) is 52.6. The second-order valence-electron chi connectivity index (χ2n) is 28.4. The molecule has 0 saturated carbocycles. The van der Waals surface area contributed by atoms with E-state index in [1.54, 1.807) is 0 Å². The Morgan fingerprint density at radius 3 is 0.800 bits per heavy atom. The van der Waals surface area contributed by atoms with Gasteiger partial charge in [-0.1, -0.05) is 337 Å². The molecule has 0 aromatic heterocycles. The number of carbonyl (C=O) groups is 4. The molecule has 0 fully saturated rings. The van der Waals surface area contributed by atoms with Crippen LogP contribution in [0.15, 0.2) is 0 Å². The smallest absolute Gasteiger partial charge is 0.462 e. The largest absolute Gasteiger partial charge is 0.472 e. The first-order chi connectivity index (χ1) is 45.8. The third-order valence-corrected chi connectivity index (χ3v) is 20.3. The molecule has 0 aliphatic rings. The van der Waals surface area contributed by atoms with E-state index in [0.29, 0.717) is 25.7 Å². The van der Waals surface area contributed by atoms with E-state index >= 15 is 0 Å². The number of aliphatic hydroxyl groups excluding tert-OH is 1. The Kier molecular flexibility index (Phi) is 65.2. The van der Waals surface area contributed by atoms with Gasteiger partial charge in [-0.3, -0.25) is 37.3 Å². The zero-order chi connectivity index (χ0) is 70.1. The van der Waals surface area contributed by atoms with Gasteiger partial charge in [0.2, 0.25) is 0 Å². The van der Waals surface area contributed by atoms with Crippen LogP contribution in [0.2, 0.25) is 0 Å². The number of hydrogen-bond donors (Lipinski definition) is 3. The van der Waals surface area contributed by atoms with Crippen molar-refractivity contribution < 1.29 is 80.2 Å². The van der Waals surface area contributed by atoms with Crippen LogP contribution < -0.4 is 0 Å². The Morgan fingerprint density at radius 1 is 0.305 bits per heavy atom. The molecule has 19 heteroatoms. The van der Waals surface area contributed by atoms with Crippen molar-refractivity contribution in [2.24, 2.45) is 17.8 Å². The van der Waals surface area contributed by atoms with Gasteiger partial charge in [-0.05, 0) is 43.4 Å². The SMILES string of the molecule is CCCCCCCCCCCCCCCC(=O)O[C@H](COC(=O)CCCCCCCCC(C)CC)COP(=O)(O)OC[C@H](O)COP(=O)(O)OC[C@@H](COC(=O)CCCCCCCCCCCCC(C)CC)OC(=O)CCCCCCCCCCCCCCCCCC(C)C. The van der Waals surface area contributed by atoms with Crippen molar-refractivity contribution in [3.05, 3.63) is 0 Å². The zero-order valence-electron chi connectivity index (χ0n) is 62.1. The number of phosphoric acid groups is 2. The molecule has 0 aliphatic heterocycles. The van der Waals surface area contributed by atoms with Crippen LogP contribution in [-0.2, 0) is 65.4 Å². The van der Waals surface area contributed by atoms with Gasteiger partial charge >= 0.3 is 39.5 Å². The predicted octanol–water partition coefficient (Wildman–Crippen LogP) is 22.2. The summed E-state index contributed by atoms with van der Waals surface area (Å²) < 4.78 is 68.5. The molecule has 7 atom stereocenters. The van der Waals surface area contributed by atoms with E-state index in [9.17, 15) is 43.2 Å². The van der Waals surface area contributed by atoms with Gasteiger partial charge in [-0.25, -0.2) is 9.13 Å². The van der Waals surface area contributed by atoms with Crippen LogP contribution in [0.3, 0.4) is 0 Å². The molecular formula is C76H148O17P2. The minimum Gasteiger partial charge on any atom is -0.462 e. The normalized spacial score (nSPS) is 14.6. The lowest BCUT2D eigenvalue weighted by Gasteiger charge is -2.21. The van der Waals surface area contributed by atoms with Crippen molar-refractivity contribution in [1.82, 2.24) is 0 Å². The van der Waals surface area contributed by atoms with E-state index in [1.165, 1.54) is 193 Å². The van der Waals surface area contributed by atoms with Crippen LogP contribution in [0, 0.1) is 17.8 Å². The molecule has 0 bridgehead atoms. The number of rotatable bonds is 74. The molecule has 0 spiro atoms. The van der Waals surface area contributed by atoms with E-state index in [4.69, 9.17) is 37.0 Å². The lowest BCUT2D eigenvalue weighted by Crippen LogP contribution is -2.30. The molecule has 0 aromatic carbocycles. The van der Waals surface area contributed by atoms with E-state index in [-0.39, 0.29) is 25.7 Å². The van der Waals surface area contributed by atoms with E-state index in [0.717, 1.165) is 114 Å². The standard InChI is InChI=1S/C76H148O17P2/c1-8-11-12-13-14-15-16-20-24-31-36-45-52-59-76(81)93-72(64-87-74(79)58-51-44-39-38-42-49-56-69(7)10-3)66-91-95(84,85)89-62-70(77)61-88-94(82,83)90-65-71(63-86-73(78)57-50-43-35-30-27-26-29-34-41-48-55-68(6)9-2)92-75(80)60-53-46-37-32-25-22-19-17-18-21-23-28-33-40-47-54-67(4)5/h67-72,77H,8-66H2,1-7H3,(H,82,83)(H,84,85)/t68?,69?,70-,71-,72-/m1/s1. The summed E-state index contributed by atoms with van der Waals surface area (Å²) in [5.41, 5.74) is 0. The molecule has 3 N–H and O–H groups in total. The third kappa shape index (κ3) is 67.6. The predicted molar refractivity (Wildman–Crippen MR) is 386 cm³/mol. The van der Waals surface area contributed by atoms with Gasteiger partial charge < -0.3 is 33.8 Å². The first-order valence-electron chi connectivity index (χ1n) is 39.4. The van der Waals surface area contributed by atoms with Gasteiger partial charge in [0.25, 0.3) is 0 Å². The highest BCUT2D eigenvalue weighted by Gasteiger charge is 2.30. The van der Waals surface area contributed by atoms with Crippen molar-refractivity contribution in [1.29, 1.82) is 0 Å². The topological polar surface area (TPSA) is 237 Å². The van der Waals surface area contributed by atoms with Gasteiger partial charge in [-0.2, -0.15) is 0 Å². The zero-order valence-corrected chi connectivity index (χ0v) is 63.9. The van der Waals surface area contributed by atoms with E-state index in [2.05, 4.69) is 48.5 Å². The number of hydrogen-bond acceptors (Lipinski definition) is 15. The lowest BCUT2D eigenvalue weighted by molar-refractivity contribution is -0.161. The van der Waals surface area contributed by atoms with Crippen molar-refractivity contribution in [2.75, 3.05) is 39.6 Å². The van der Waals surface area contributed by atoms with Gasteiger partial charge in [0.15, 0.2) is 12.2 Å². The summed E-state index contributed by atoms with van der Waals surface area (Å²) in [6, 6.07) is 0. The van der Waals surface area contributed by atoms with Crippen molar-refractivity contribution in [3.8, 4) is 0 Å². The second-order valence-corrected chi connectivity index (χ2v) is 31.3. The maximum Gasteiger partial charge on any atom is 0.472 e. The fourth-order valence-electron chi connectivity index (χ4n) is 11.5. The van der Waals surface area contributed by atoms with Crippen LogP contribution in [0.5, 0.6) is 0 Å². The minimum atomic E-state index is -4.96. The Labute approximate surface area is 581 Å². The Morgan fingerprint density at radius 2 is 0.537 bits per heavy atom. The molecule has 564 valence electrons. The lowest BCUT2D eigenvalue weighted by atomic mass is 9.99. The molecule has 17 nitrogen and oxygen atoms in total. The quantitative estimate of drug-likeness (QED) is 0.0222. The van der Waals surface area contributed by atoms with Crippen molar-refractivity contribution >= 4 is 39.5 Å². The molecule has 0 aromatic rings. The van der Waals surface area contributed by atoms with Crippen LogP contribution in [0.1, 0.15) is 389 Å². The van der Waals surface area contributed by atoms with Gasteiger partial charge in [0, 0.05) is 25.7 Å². The highest BCUT2D eigenvalue weighted by molar-refractivity contribution is 7.47. The summed E-state index contributed by atoms with van der Waals surface area (Å²) in [4.78, 5) is 72.8. The monoisotopic (exact) mass is 1400 g/mol. The Balaban J connectivity index is 5.25. The number of unbranched alkanes of at least 4 members (excludes halogenated alkanes) is 40. The van der Waals surface area contributed by atoms with Crippen LogP contribution in [0.25, 0.3) is 0 Å². The molecule has 0 aliphatic carbocycles. The van der Waals surface area contributed by atoms with Gasteiger partial charge in [-0.15, -0.1) is 0 Å². The Hall–Kier alpha value is -1.94. The summed E-state index contributed by atoms with van der Waals surface area (Å²) in [5.74, 6) is 0.226. The number of carbonyl (C=O) groups excluding carboxylic acids is 4. The number of aliphatic hydroxyl groups is 1. The molecule has 0 radical (unpaired) electrons. The third-order valence-electron chi connectivity index (χ3n) is 18.4. The number of phosphoric ester groups is 2. The van der Waals surface area contributed by atoms with Gasteiger partial charge in [0.05, 0.1) is 26.4 Å². The van der Waals surface area contributed by atoms with E-state index in [1.807, 2.05) is 0 Å². The average molecular weight is 1400 g/mol. The fraction of sp³-hybridized carbons (Fsp3) is 0.947. The maximum atomic E-state index is 13.1. The van der Waals surface area contributed by atoms with E-state index < -0.39 is 97.5 Å². The first-order valence-corrected chi connectivity index (χ1v) is 42.4. The fourth-order valence-corrected chi connectivity index (χ4v) is 13.1. The summed E-state index contributed by atoms with van der Waals surface area (Å²) >= 11 is 0. The summed E-state index contributed by atoms with van der Waals surface area (Å²) in [5, 5.41) is 10.6. The van der Waals surface area contributed by atoms with Crippen LogP contribution in [-0.4, -0.2) is 96.7 Å². The van der Waals surface area contributed by atoms with Crippen molar-refractivity contribution in [3.63, 3.8) is 0 Å². The second kappa shape index (κ2) is 66.6. The molecule has 4 unspecified atom stereocenters. The maximum absolute atomic E-state index is 13.1. The minimum absolute atomic E-state index is 0.107. The summed E-state index contributed by atoms with van der Waals surface area (Å²) in [6.45, 7) is 11.9. The highest BCUT2D eigenvalue weighted by Crippen LogP contribution is 2.45. The number of ether oxygens (including phenoxy) is 4. The summed E-state index contributed by atoms with van der Waals surface area (Å²) in [7, 11) is -9.91. The van der Waals surface area contributed by atoms with Gasteiger partial charge in [0.1, 0.15) is 19.3 Å². The molecule has 95 heavy (non-hydrogen) atoms. The molecular weight excluding hydrogens is 1250 g/mol. The highest BCUT2D eigenvalue weighted by atomic mass is 31.2. The molecule has 0 heterocycles. The molecule has 0 amide bonds. The molecule has 0 saturated heterocycles. The molecule has 0 rings (SSSR count). The first kappa shape index (κ1) is 93.1. The van der Waals surface area contributed by atoms with Crippen LogP contribution in [0.4, 0.5) is 0 Å². The Bertz CT molecular complexity index is 1860. The van der Waals surface area contributed by atoms with Crippen LogP contribution >= 0.6 is 15.6 Å². The number of esters is 4.